The predicted octanol–water partition coefficient (Wildman–Crippen LogP) is 4.29. The number of methoxy groups -OCH3 is 1. The Bertz CT molecular complexity index is 981. The lowest BCUT2D eigenvalue weighted by Crippen LogP contribution is -2.36. The molecular weight excluding hydrogens is 357 g/mol. The van der Waals surface area contributed by atoms with Crippen LogP contribution in [0.15, 0.2) is 55.0 Å². The summed E-state index contributed by atoms with van der Waals surface area (Å²) in [6.07, 6.45) is 3.30. The van der Waals surface area contributed by atoms with Gasteiger partial charge in [0.05, 0.1) is 13.4 Å². The molecule has 0 bridgehead atoms. The molecule has 28 heavy (non-hydrogen) atoms. The minimum Gasteiger partial charge on any atom is -0.497 e. The van der Waals surface area contributed by atoms with E-state index in [0.29, 0.717) is 23.6 Å². The Morgan fingerprint density at radius 2 is 2.04 bits per heavy atom. The van der Waals surface area contributed by atoms with E-state index in [-0.39, 0.29) is 17.8 Å². The number of ether oxygens (including phenoxy) is 1. The van der Waals surface area contributed by atoms with Crippen LogP contribution in [0.1, 0.15) is 29.9 Å². The second-order valence-corrected chi connectivity index (χ2v) is 7.00. The fraction of sp³-hybridized carbons (Fsp3) is 0.273. The van der Waals surface area contributed by atoms with Gasteiger partial charge in [-0.2, -0.15) is 0 Å². The van der Waals surface area contributed by atoms with E-state index in [1.165, 1.54) is 6.07 Å². The zero-order chi connectivity index (χ0) is 20.3. The fourth-order valence-electron chi connectivity index (χ4n) is 3.04. The number of amides is 1. The van der Waals surface area contributed by atoms with Crippen molar-refractivity contribution in [3.63, 3.8) is 0 Å². The molecule has 0 aliphatic heterocycles. The van der Waals surface area contributed by atoms with Crippen molar-refractivity contribution in [1.82, 2.24) is 14.5 Å². The van der Waals surface area contributed by atoms with E-state index in [1.807, 2.05) is 39.1 Å². The first-order valence-electron chi connectivity index (χ1n) is 9.11. The van der Waals surface area contributed by atoms with Crippen LogP contribution in [0.2, 0.25) is 0 Å². The molecule has 0 fully saturated rings. The SMILES string of the molecule is COc1cccc(-c2cc(CN(C(=O)c3cn(C)cn3)C(C)C)ccc2F)c1. The Morgan fingerprint density at radius 3 is 2.68 bits per heavy atom. The summed E-state index contributed by atoms with van der Waals surface area (Å²) >= 11 is 0. The van der Waals surface area contributed by atoms with Gasteiger partial charge in [0.2, 0.25) is 0 Å². The lowest BCUT2D eigenvalue weighted by Gasteiger charge is -2.26. The summed E-state index contributed by atoms with van der Waals surface area (Å²) in [5.74, 6) is 0.198. The topological polar surface area (TPSA) is 47.4 Å². The third-order valence-corrected chi connectivity index (χ3v) is 4.57. The maximum Gasteiger partial charge on any atom is 0.274 e. The van der Waals surface area contributed by atoms with Crippen LogP contribution in [0.3, 0.4) is 0 Å². The molecule has 0 spiro atoms. The van der Waals surface area contributed by atoms with Crippen molar-refractivity contribution in [3.05, 3.63) is 72.1 Å². The highest BCUT2D eigenvalue weighted by Gasteiger charge is 2.21. The summed E-state index contributed by atoms with van der Waals surface area (Å²) in [7, 11) is 3.40. The van der Waals surface area contributed by atoms with Gasteiger partial charge in [0, 0.05) is 31.4 Å². The van der Waals surface area contributed by atoms with Gasteiger partial charge >= 0.3 is 0 Å². The number of aryl methyl sites for hydroxylation is 1. The number of nitrogens with zero attached hydrogens (tertiary/aromatic N) is 3. The van der Waals surface area contributed by atoms with Gasteiger partial charge in [0.1, 0.15) is 17.3 Å². The van der Waals surface area contributed by atoms with Crippen LogP contribution in [0.25, 0.3) is 11.1 Å². The van der Waals surface area contributed by atoms with Crippen molar-refractivity contribution < 1.29 is 13.9 Å². The number of halogens is 1. The zero-order valence-corrected chi connectivity index (χ0v) is 16.5. The van der Waals surface area contributed by atoms with E-state index >= 15 is 0 Å². The van der Waals surface area contributed by atoms with Gasteiger partial charge in [-0.15, -0.1) is 0 Å². The summed E-state index contributed by atoms with van der Waals surface area (Å²) < 4.78 is 21.5. The average molecular weight is 381 g/mol. The van der Waals surface area contributed by atoms with Crippen LogP contribution in [0.5, 0.6) is 5.75 Å². The molecule has 1 aromatic heterocycles. The molecule has 0 aliphatic rings. The van der Waals surface area contributed by atoms with Gasteiger partial charge < -0.3 is 14.2 Å². The van der Waals surface area contributed by atoms with E-state index in [1.54, 1.807) is 47.3 Å². The van der Waals surface area contributed by atoms with Crippen molar-refractivity contribution in [2.24, 2.45) is 7.05 Å². The molecule has 1 heterocycles. The second kappa shape index (κ2) is 8.25. The number of benzene rings is 2. The molecule has 0 unspecified atom stereocenters. The number of rotatable bonds is 6. The highest BCUT2D eigenvalue weighted by Crippen LogP contribution is 2.28. The summed E-state index contributed by atoms with van der Waals surface area (Å²) in [6.45, 7) is 4.27. The van der Waals surface area contributed by atoms with Crippen molar-refractivity contribution in [3.8, 4) is 16.9 Å². The molecule has 0 aliphatic carbocycles. The summed E-state index contributed by atoms with van der Waals surface area (Å²) in [4.78, 5) is 18.8. The predicted molar refractivity (Wildman–Crippen MR) is 107 cm³/mol. The van der Waals surface area contributed by atoms with E-state index in [4.69, 9.17) is 4.74 Å². The van der Waals surface area contributed by atoms with Crippen LogP contribution in [-0.2, 0) is 13.6 Å². The molecule has 0 N–H and O–H groups in total. The second-order valence-electron chi connectivity index (χ2n) is 7.00. The van der Waals surface area contributed by atoms with Gasteiger partial charge in [-0.25, -0.2) is 9.37 Å². The van der Waals surface area contributed by atoms with Gasteiger partial charge in [0.15, 0.2) is 0 Å². The molecule has 3 rings (SSSR count). The molecule has 3 aromatic rings. The molecule has 146 valence electrons. The van der Waals surface area contributed by atoms with Crippen LogP contribution in [0.4, 0.5) is 4.39 Å². The van der Waals surface area contributed by atoms with Crippen LogP contribution < -0.4 is 4.74 Å². The zero-order valence-electron chi connectivity index (χ0n) is 16.5. The number of hydrogen-bond acceptors (Lipinski definition) is 3. The summed E-state index contributed by atoms with van der Waals surface area (Å²) in [5.41, 5.74) is 2.44. The minimum absolute atomic E-state index is 0.0279. The van der Waals surface area contributed by atoms with Crippen molar-refractivity contribution in [2.45, 2.75) is 26.4 Å². The normalized spacial score (nSPS) is 10.9. The van der Waals surface area contributed by atoms with Gasteiger partial charge in [-0.05, 0) is 49.2 Å². The number of carbonyl (C=O) groups is 1. The van der Waals surface area contributed by atoms with Crippen molar-refractivity contribution in [1.29, 1.82) is 0 Å². The Labute approximate surface area is 164 Å². The minimum atomic E-state index is -0.316. The van der Waals surface area contributed by atoms with E-state index in [0.717, 1.165) is 11.1 Å². The van der Waals surface area contributed by atoms with Crippen molar-refractivity contribution in [2.75, 3.05) is 7.11 Å². The molecule has 0 radical (unpaired) electrons. The van der Waals surface area contributed by atoms with Gasteiger partial charge in [0.25, 0.3) is 5.91 Å². The Kier molecular flexibility index (Phi) is 5.78. The molecule has 6 heteroatoms. The van der Waals surface area contributed by atoms with Gasteiger partial charge in [-0.3, -0.25) is 4.79 Å². The number of imidazole rings is 1. The number of carbonyl (C=O) groups excluding carboxylic acids is 1. The summed E-state index contributed by atoms with van der Waals surface area (Å²) in [5, 5.41) is 0. The Balaban J connectivity index is 1.91. The maximum absolute atomic E-state index is 14.5. The monoisotopic (exact) mass is 381 g/mol. The number of hydrogen-bond donors (Lipinski definition) is 0. The standard InChI is InChI=1S/C22H24FN3O2/c1-15(2)26(22(27)21-13-25(3)14-24-21)12-16-8-9-20(23)19(10-16)17-6-5-7-18(11-17)28-4/h5-11,13-15H,12H2,1-4H3. The number of aromatic nitrogens is 2. The Hall–Kier alpha value is -3.15. The van der Waals surface area contributed by atoms with E-state index < -0.39 is 0 Å². The fourth-order valence-corrected chi connectivity index (χ4v) is 3.04. The highest BCUT2D eigenvalue weighted by molar-refractivity contribution is 5.92. The first kappa shape index (κ1) is 19.6. The third kappa shape index (κ3) is 4.22. The maximum atomic E-state index is 14.5. The quantitative estimate of drug-likeness (QED) is 0.640. The first-order valence-corrected chi connectivity index (χ1v) is 9.11. The first-order chi connectivity index (χ1) is 13.4. The van der Waals surface area contributed by atoms with Crippen molar-refractivity contribution >= 4 is 5.91 Å². The van der Waals surface area contributed by atoms with Crippen LogP contribution in [0, 0.1) is 5.82 Å². The summed E-state index contributed by atoms with van der Waals surface area (Å²) in [6, 6.07) is 12.2. The molecule has 0 saturated carbocycles. The Morgan fingerprint density at radius 1 is 1.25 bits per heavy atom. The molecule has 5 nitrogen and oxygen atoms in total. The molecule has 0 saturated heterocycles. The molecule has 2 aromatic carbocycles. The van der Waals surface area contributed by atoms with E-state index in [2.05, 4.69) is 4.98 Å². The largest absolute Gasteiger partial charge is 0.497 e. The van der Waals surface area contributed by atoms with Crippen LogP contribution in [-0.4, -0.2) is 33.5 Å². The smallest absolute Gasteiger partial charge is 0.274 e. The highest BCUT2D eigenvalue weighted by atomic mass is 19.1. The molecule has 1 amide bonds. The van der Waals surface area contributed by atoms with Gasteiger partial charge in [-0.1, -0.05) is 18.2 Å². The lowest BCUT2D eigenvalue weighted by atomic mass is 10.0. The lowest BCUT2D eigenvalue weighted by molar-refractivity contribution is 0.0684. The third-order valence-electron chi connectivity index (χ3n) is 4.57. The molecule has 0 atom stereocenters. The van der Waals surface area contributed by atoms with E-state index in [9.17, 15) is 9.18 Å². The molecular formula is C22H24FN3O2. The van der Waals surface area contributed by atoms with Crippen LogP contribution >= 0.6 is 0 Å². The average Bonchev–Trinajstić information content (AvgIpc) is 3.13.